The minimum atomic E-state index is -0.194. The maximum Gasteiger partial charge on any atom is 0.244 e. The number of carbonyl (C=O) groups excluding carboxylic acids is 1. The van der Waals surface area contributed by atoms with Crippen molar-refractivity contribution in [3.8, 4) is 5.75 Å². The molecule has 2 atom stereocenters. The Morgan fingerprint density at radius 1 is 1.53 bits per heavy atom. The lowest BCUT2D eigenvalue weighted by atomic mass is 10.1. The van der Waals surface area contributed by atoms with Crippen molar-refractivity contribution in [2.75, 3.05) is 32.1 Å². The molecular formula is C14H21N3O2. The predicted molar refractivity (Wildman–Crippen MR) is 75.7 cm³/mol. The fourth-order valence-corrected chi connectivity index (χ4v) is 2.49. The lowest BCUT2D eigenvalue weighted by Gasteiger charge is -2.41. The van der Waals surface area contributed by atoms with Crippen LogP contribution in [0.25, 0.3) is 0 Å². The molecule has 104 valence electrons. The standard InChI is InChI=1S/C14H21N3O2/c1-10-8-16-14(18)13(9-15-2)17(10)11-5-4-6-12(7-11)19-3/h4-7,10,13,15H,8-9H2,1-3H3,(H,16,18). The number of methoxy groups -OCH3 is 1. The summed E-state index contributed by atoms with van der Waals surface area (Å²) in [6, 6.07) is 7.90. The first-order valence-electron chi connectivity index (χ1n) is 6.52. The van der Waals surface area contributed by atoms with Gasteiger partial charge in [-0.05, 0) is 26.1 Å². The lowest BCUT2D eigenvalue weighted by molar-refractivity contribution is -0.123. The summed E-state index contributed by atoms with van der Waals surface area (Å²) in [5, 5.41) is 6.03. The molecule has 2 unspecified atom stereocenters. The minimum Gasteiger partial charge on any atom is -0.497 e. The van der Waals surface area contributed by atoms with Crippen LogP contribution in [-0.4, -0.2) is 45.2 Å². The summed E-state index contributed by atoms with van der Waals surface area (Å²) in [5.41, 5.74) is 1.02. The van der Waals surface area contributed by atoms with Gasteiger partial charge in [0.15, 0.2) is 0 Å². The normalized spacial score (nSPS) is 23.1. The highest BCUT2D eigenvalue weighted by molar-refractivity contribution is 5.87. The molecule has 0 radical (unpaired) electrons. The second-order valence-corrected chi connectivity index (χ2v) is 4.78. The Balaban J connectivity index is 2.33. The van der Waals surface area contributed by atoms with E-state index in [2.05, 4.69) is 22.5 Å². The van der Waals surface area contributed by atoms with Crippen LogP contribution in [0.4, 0.5) is 5.69 Å². The second-order valence-electron chi connectivity index (χ2n) is 4.78. The molecule has 1 heterocycles. The lowest BCUT2D eigenvalue weighted by Crippen LogP contribution is -2.62. The molecule has 1 aromatic carbocycles. The van der Waals surface area contributed by atoms with E-state index < -0.39 is 0 Å². The Hall–Kier alpha value is -1.75. The number of hydrogen-bond donors (Lipinski definition) is 2. The summed E-state index contributed by atoms with van der Waals surface area (Å²) in [4.78, 5) is 14.2. The van der Waals surface area contributed by atoms with Gasteiger partial charge in [-0.3, -0.25) is 4.79 Å². The topological polar surface area (TPSA) is 53.6 Å². The van der Waals surface area contributed by atoms with E-state index in [1.54, 1.807) is 7.11 Å². The highest BCUT2D eigenvalue weighted by atomic mass is 16.5. The smallest absolute Gasteiger partial charge is 0.244 e. The number of benzene rings is 1. The van der Waals surface area contributed by atoms with Gasteiger partial charge in [-0.15, -0.1) is 0 Å². The van der Waals surface area contributed by atoms with Crippen molar-refractivity contribution in [3.63, 3.8) is 0 Å². The van der Waals surface area contributed by atoms with Crippen LogP contribution in [0.5, 0.6) is 5.75 Å². The summed E-state index contributed by atoms with van der Waals surface area (Å²) in [5.74, 6) is 0.870. The third-order valence-corrected chi connectivity index (χ3v) is 3.43. The zero-order valence-electron chi connectivity index (χ0n) is 11.6. The van der Waals surface area contributed by atoms with Crippen LogP contribution in [0.1, 0.15) is 6.92 Å². The van der Waals surface area contributed by atoms with Gasteiger partial charge < -0.3 is 20.3 Å². The number of hydrogen-bond acceptors (Lipinski definition) is 4. The number of anilines is 1. The quantitative estimate of drug-likeness (QED) is 0.835. The van der Waals surface area contributed by atoms with Crippen molar-refractivity contribution in [2.45, 2.75) is 19.0 Å². The molecule has 0 bridgehead atoms. The molecule has 5 nitrogen and oxygen atoms in total. The largest absolute Gasteiger partial charge is 0.497 e. The van der Waals surface area contributed by atoms with E-state index in [0.29, 0.717) is 13.1 Å². The molecule has 0 spiro atoms. The van der Waals surface area contributed by atoms with Crippen molar-refractivity contribution in [1.82, 2.24) is 10.6 Å². The predicted octanol–water partition coefficient (Wildman–Crippen LogP) is 0.608. The third-order valence-electron chi connectivity index (χ3n) is 3.43. The summed E-state index contributed by atoms with van der Waals surface area (Å²) in [6.45, 7) is 3.39. The van der Waals surface area contributed by atoms with Gasteiger partial charge in [0, 0.05) is 30.9 Å². The van der Waals surface area contributed by atoms with Crippen molar-refractivity contribution in [2.24, 2.45) is 0 Å². The summed E-state index contributed by atoms with van der Waals surface area (Å²) >= 11 is 0. The second kappa shape index (κ2) is 5.93. The number of nitrogens with zero attached hydrogens (tertiary/aromatic N) is 1. The number of carbonyl (C=O) groups is 1. The van der Waals surface area contributed by atoms with Crippen LogP contribution >= 0.6 is 0 Å². The van der Waals surface area contributed by atoms with Crippen molar-refractivity contribution in [1.29, 1.82) is 0 Å². The van der Waals surface area contributed by atoms with E-state index in [4.69, 9.17) is 4.74 Å². The van der Waals surface area contributed by atoms with E-state index in [-0.39, 0.29) is 18.0 Å². The van der Waals surface area contributed by atoms with E-state index >= 15 is 0 Å². The fraction of sp³-hybridized carbons (Fsp3) is 0.500. The molecule has 19 heavy (non-hydrogen) atoms. The van der Waals surface area contributed by atoms with Gasteiger partial charge >= 0.3 is 0 Å². The number of rotatable bonds is 4. The maximum absolute atomic E-state index is 12.0. The average Bonchev–Trinajstić information content (AvgIpc) is 2.43. The first-order chi connectivity index (χ1) is 9.17. The third kappa shape index (κ3) is 2.81. The van der Waals surface area contributed by atoms with E-state index in [9.17, 15) is 4.79 Å². The van der Waals surface area contributed by atoms with Gasteiger partial charge in [0.25, 0.3) is 0 Å². The molecule has 5 heteroatoms. The Labute approximate surface area is 113 Å². The van der Waals surface area contributed by atoms with Gasteiger partial charge in [-0.1, -0.05) is 6.07 Å². The Kier molecular flexibility index (Phi) is 4.27. The highest BCUT2D eigenvalue weighted by Gasteiger charge is 2.33. The van der Waals surface area contributed by atoms with Gasteiger partial charge in [0.2, 0.25) is 5.91 Å². The molecule has 0 aromatic heterocycles. The molecule has 1 aromatic rings. The maximum atomic E-state index is 12.0. The van der Waals surface area contributed by atoms with E-state index in [0.717, 1.165) is 11.4 Å². The first-order valence-corrected chi connectivity index (χ1v) is 6.52. The first kappa shape index (κ1) is 13.7. The van der Waals surface area contributed by atoms with Gasteiger partial charge in [-0.25, -0.2) is 0 Å². The molecule has 1 aliphatic rings. The van der Waals surface area contributed by atoms with Crippen molar-refractivity contribution >= 4 is 11.6 Å². The van der Waals surface area contributed by atoms with Crippen molar-refractivity contribution < 1.29 is 9.53 Å². The Morgan fingerprint density at radius 2 is 2.32 bits per heavy atom. The zero-order valence-corrected chi connectivity index (χ0v) is 11.6. The van der Waals surface area contributed by atoms with Crippen LogP contribution in [0.15, 0.2) is 24.3 Å². The summed E-state index contributed by atoms with van der Waals surface area (Å²) in [7, 11) is 3.51. The molecule has 0 saturated carbocycles. The summed E-state index contributed by atoms with van der Waals surface area (Å²) < 4.78 is 5.26. The molecule has 1 aliphatic heterocycles. The van der Waals surface area contributed by atoms with Crippen LogP contribution in [0.3, 0.4) is 0 Å². The molecule has 1 amide bonds. The van der Waals surface area contributed by atoms with Crippen LogP contribution in [-0.2, 0) is 4.79 Å². The number of ether oxygens (including phenoxy) is 1. The van der Waals surface area contributed by atoms with Gasteiger partial charge in [0.1, 0.15) is 11.8 Å². The molecule has 1 saturated heterocycles. The fourth-order valence-electron chi connectivity index (χ4n) is 2.49. The summed E-state index contributed by atoms with van der Waals surface area (Å²) in [6.07, 6.45) is 0. The molecule has 0 aliphatic carbocycles. The van der Waals surface area contributed by atoms with Crippen molar-refractivity contribution in [3.05, 3.63) is 24.3 Å². The SMILES string of the molecule is CNCC1C(=O)NCC(C)N1c1cccc(OC)c1. The number of piperazine rings is 1. The molecule has 2 rings (SSSR count). The number of likely N-dealkylation sites (N-methyl/N-ethyl adjacent to an activating group) is 1. The molecule has 1 fully saturated rings. The van der Waals surface area contributed by atoms with Crippen LogP contribution in [0, 0.1) is 0 Å². The zero-order chi connectivity index (χ0) is 13.8. The van der Waals surface area contributed by atoms with Gasteiger partial charge in [-0.2, -0.15) is 0 Å². The minimum absolute atomic E-state index is 0.0651. The van der Waals surface area contributed by atoms with Crippen LogP contribution < -0.4 is 20.3 Å². The molecule has 2 N–H and O–H groups in total. The number of nitrogens with one attached hydrogen (secondary N) is 2. The number of amides is 1. The van der Waals surface area contributed by atoms with E-state index in [1.807, 2.05) is 31.3 Å². The van der Waals surface area contributed by atoms with E-state index in [1.165, 1.54) is 0 Å². The highest BCUT2D eigenvalue weighted by Crippen LogP contribution is 2.26. The molecular weight excluding hydrogens is 242 g/mol. The van der Waals surface area contributed by atoms with Crippen LogP contribution in [0.2, 0.25) is 0 Å². The van der Waals surface area contributed by atoms with Gasteiger partial charge in [0.05, 0.1) is 7.11 Å². The Bertz CT molecular complexity index is 450. The average molecular weight is 263 g/mol. The monoisotopic (exact) mass is 263 g/mol. The Morgan fingerprint density at radius 3 is 3.00 bits per heavy atom.